The van der Waals surface area contributed by atoms with Crippen molar-refractivity contribution in [2.45, 2.75) is 19.9 Å². The van der Waals surface area contributed by atoms with Gasteiger partial charge >= 0.3 is 0 Å². The number of nitrogens with one attached hydrogen (secondary N) is 1. The third kappa shape index (κ3) is 2.93. The highest BCUT2D eigenvalue weighted by Crippen LogP contribution is 2.16. The van der Waals surface area contributed by atoms with Crippen molar-refractivity contribution in [2.24, 2.45) is 11.7 Å². The molecule has 0 saturated carbocycles. The number of rotatable bonds is 4. The normalized spacial score (nSPS) is 12.3. The molecule has 104 valence electrons. The summed E-state index contributed by atoms with van der Waals surface area (Å²) >= 11 is 5.00. The maximum atomic E-state index is 12.4. The summed E-state index contributed by atoms with van der Waals surface area (Å²) in [6, 6.07) is 9.17. The van der Waals surface area contributed by atoms with Crippen molar-refractivity contribution in [1.29, 1.82) is 0 Å². The van der Waals surface area contributed by atoms with Crippen LogP contribution in [0, 0.1) is 5.92 Å². The van der Waals surface area contributed by atoms with Crippen LogP contribution in [-0.4, -0.2) is 21.9 Å². The predicted octanol–water partition coefficient (Wildman–Crippen LogP) is 2.28. The molecule has 0 bridgehead atoms. The molecular formula is C15H17N3OS. The summed E-state index contributed by atoms with van der Waals surface area (Å²) in [5.41, 5.74) is 6.07. The Balaban J connectivity index is 2.34. The van der Waals surface area contributed by atoms with Crippen LogP contribution in [0.4, 0.5) is 0 Å². The highest BCUT2D eigenvalue weighted by molar-refractivity contribution is 7.80. The third-order valence-electron chi connectivity index (χ3n) is 3.15. The van der Waals surface area contributed by atoms with Crippen LogP contribution in [0.15, 0.2) is 36.5 Å². The van der Waals surface area contributed by atoms with Crippen LogP contribution in [0.5, 0.6) is 0 Å². The third-order valence-corrected chi connectivity index (χ3v) is 3.40. The van der Waals surface area contributed by atoms with Gasteiger partial charge in [0.2, 0.25) is 0 Å². The van der Waals surface area contributed by atoms with Crippen molar-refractivity contribution in [2.75, 3.05) is 0 Å². The first-order valence-electron chi connectivity index (χ1n) is 6.44. The zero-order valence-electron chi connectivity index (χ0n) is 11.5. The fraction of sp³-hybridized carbons (Fsp3) is 0.267. The van der Waals surface area contributed by atoms with Gasteiger partial charge in [-0.2, -0.15) is 0 Å². The number of pyridine rings is 1. The Bertz CT molecular complexity index is 649. The monoisotopic (exact) mass is 287 g/mol. The second-order valence-corrected chi connectivity index (χ2v) is 5.45. The van der Waals surface area contributed by atoms with E-state index in [9.17, 15) is 4.79 Å². The average Bonchev–Trinajstić information content (AvgIpc) is 2.43. The van der Waals surface area contributed by atoms with E-state index in [1.807, 2.05) is 44.2 Å². The second-order valence-electron chi connectivity index (χ2n) is 4.98. The van der Waals surface area contributed by atoms with Gasteiger partial charge in [-0.15, -0.1) is 0 Å². The van der Waals surface area contributed by atoms with E-state index in [2.05, 4.69) is 10.3 Å². The highest BCUT2D eigenvalue weighted by atomic mass is 32.1. The van der Waals surface area contributed by atoms with Gasteiger partial charge in [-0.1, -0.05) is 50.3 Å². The summed E-state index contributed by atoms with van der Waals surface area (Å²) in [6.45, 7) is 3.92. The molecule has 1 aromatic carbocycles. The molecule has 0 aliphatic heterocycles. The number of carbonyl (C=O) groups is 1. The minimum absolute atomic E-state index is 0.131. The molecule has 1 heterocycles. The molecule has 5 heteroatoms. The summed E-state index contributed by atoms with van der Waals surface area (Å²) in [6.07, 6.45) is 1.63. The summed E-state index contributed by atoms with van der Waals surface area (Å²) in [5.74, 6) is -0.125. The summed E-state index contributed by atoms with van der Waals surface area (Å²) in [4.78, 5) is 16.9. The lowest BCUT2D eigenvalue weighted by atomic mass is 10.0. The molecule has 1 atom stereocenters. The Kier molecular flexibility index (Phi) is 4.29. The summed E-state index contributed by atoms with van der Waals surface area (Å²) in [5, 5.41) is 4.65. The smallest absolute Gasteiger partial charge is 0.271 e. The lowest BCUT2D eigenvalue weighted by Crippen LogP contribution is -2.47. The van der Waals surface area contributed by atoms with Crippen molar-refractivity contribution in [3.05, 3.63) is 42.2 Å². The van der Waals surface area contributed by atoms with Crippen LogP contribution in [0.2, 0.25) is 0 Å². The molecule has 1 aromatic heterocycles. The van der Waals surface area contributed by atoms with Gasteiger partial charge in [0, 0.05) is 11.6 Å². The Morgan fingerprint density at radius 2 is 2.00 bits per heavy atom. The maximum Gasteiger partial charge on any atom is 0.271 e. The number of thiocarbonyl (C=S) groups is 1. The zero-order valence-corrected chi connectivity index (χ0v) is 12.3. The lowest BCUT2D eigenvalue weighted by molar-refractivity contribution is 0.0936. The molecule has 2 aromatic rings. The van der Waals surface area contributed by atoms with Crippen LogP contribution in [0.3, 0.4) is 0 Å². The van der Waals surface area contributed by atoms with E-state index in [0.29, 0.717) is 5.69 Å². The van der Waals surface area contributed by atoms with Crippen molar-refractivity contribution in [1.82, 2.24) is 10.3 Å². The Labute approximate surface area is 123 Å². The molecule has 0 fully saturated rings. The van der Waals surface area contributed by atoms with Crippen molar-refractivity contribution < 1.29 is 4.79 Å². The van der Waals surface area contributed by atoms with Gasteiger partial charge in [0.15, 0.2) is 0 Å². The number of fused-ring (bicyclic) bond motifs is 1. The van der Waals surface area contributed by atoms with Crippen LogP contribution in [-0.2, 0) is 0 Å². The van der Waals surface area contributed by atoms with E-state index in [0.717, 1.165) is 10.8 Å². The van der Waals surface area contributed by atoms with E-state index < -0.39 is 0 Å². The first kappa shape index (κ1) is 14.4. The summed E-state index contributed by atoms with van der Waals surface area (Å²) in [7, 11) is 0. The minimum atomic E-state index is -0.335. The van der Waals surface area contributed by atoms with Crippen LogP contribution in [0.1, 0.15) is 24.3 Å². The number of nitrogens with zero attached hydrogens (tertiary/aromatic N) is 1. The van der Waals surface area contributed by atoms with Gasteiger partial charge in [-0.25, -0.2) is 0 Å². The van der Waals surface area contributed by atoms with Gasteiger partial charge < -0.3 is 11.1 Å². The standard InChI is InChI=1S/C15H17N3OS/c1-9(2)12(14(16)20)18-15(19)13-11-6-4-3-5-10(11)7-8-17-13/h3-9,12H,1-2H3,(H2,16,20)(H,18,19). The molecule has 1 amide bonds. The molecule has 20 heavy (non-hydrogen) atoms. The number of hydrogen-bond donors (Lipinski definition) is 2. The van der Waals surface area contributed by atoms with Crippen LogP contribution >= 0.6 is 12.2 Å². The molecule has 3 N–H and O–H groups in total. The fourth-order valence-electron chi connectivity index (χ4n) is 2.08. The minimum Gasteiger partial charge on any atom is -0.392 e. The Morgan fingerprint density at radius 1 is 1.30 bits per heavy atom. The highest BCUT2D eigenvalue weighted by Gasteiger charge is 2.21. The number of carbonyl (C=O) groups excluding carboxylic acids is 1. The molecule has 0 aliphatic rings. The van der Waals surface area contributed by atoms with E-state index in [-0.39, 0.29) is 22.9 Å². The molecule has 2 rings (SSSR count). The van der Waals surface area contributed by atoms with Crippen molar-refractivity contribution in [3.8, 4) is 0 Å². The largest absolute Gasteiger partial charge is 0.392 e. The Hall–Kier alpha value is -2.01. The van der Waals surface area contributed by atoms with Crippen molar-refractivity contribution >= 4 is 33.9 Å². The molecule has 0 aliphatic carbocycles. The summed E-state index contributed by atoms with van der Waals surface area (Å²) < 4.78 is 0. The maximum absolute atomic E-state index is 12.4. The number of hydrogen-bond acceptors (Lipinski definition) is 3. The second kappa shape index (κ2) is 5.96. The SMILES string of the molecule is CC(C)C(NC(=O)c1nccc2ccccc12)C(N)=S. The van der Waals surface area contributed by atoms with Crippen LogP contribution in [0.25, 0.3) is 10.8 Å². The van der Waals surface area contributed by atoms with Gasteiger partial charge in [0.25, 0.3) is 5.91 Å². The molecule has 0 spiro atoms. The first-order valence-corrected chi connectivity index (χ1v) is 6.85. The molecule has 0 radical (unpaired) electrons. The van der Waals surface area contributed by atoms with Gasteiger partial charge in [0.1, 0.15) is 5.69 Å². The van der Waals surface area contributed by atoms with E-state index in [4.69, 9.17) is 18.0 Å². The number of aromatic nitrogens is 1. The molecule has 4 nitrogen and oxygen atoms in total. The van der Waals surface area contributed by atoms with E-state index >= 15 is 0 Å². The number of nitrogens with two attached hydrogens (primary N) is 1. The van der Waals surface area contributed by atoms with Gasteiger partial charge in [-0.3, -0.25) is 9.78 Å². The van der Waals surface area contributed by atoms with Gasteiger partial charge in [0.05, 0.1) is 11.0 Å². The van der Waals surface area contributed by atoms with Crippen molar-refractivity contribution in [3.63, 3.8) is 0 Å². The first-order chi connectivity index (χ1) is 9.50. The average molecular weight is 287 g/mol. The zero-order chi connectivity index (χ0) is 14.7. The molecular weight excluding hydrogens is 270 g/mol. The molecule has 0 saturated heterocycles. The number of benzene rings is 1. The van der Waals surface area contributed by atoms with Gasteiger partial charge in [-0.05, 0) is 17.4 Å². The Morgan fingerprint density at radius 3 is 2.65 bits per heavy atom. The van der Waals surface area contributed by atoms with Crippen LogP contribution < -0.4 is 11.1 Å². The lowest BCUT2D eigenvalue weighted by Gasteiger charge is -2.21. The molecule has 1 unspecified atom stereocenters. The quantitative estimate of drug-likeness (QED) is 0.847. The predicted molar refractivity (Wildman–Crippen MR) is 84.6 cm³/mol. The number of amides is 1. The topological polar surface area (TPSA) is 68.0 Å². The van der Waals surface area contributed by atoms with E-state index in [1.54, 1.807) is 6.20 Å². The van der Waals surface area contributed by atoms with E-state index in [1.165, 1.54) is 0 Å². The fourth-order valence-corrected chi connectivity index (χ4v) is 2.41.